The van der Waals surface area contributed by atoms with Crippen LogP contribution in [0.15, 0.2) is 58.3 Å². The van der Waals surface area contributed by atoms with Gasteiger partial charge in [0.15, 0.2) is 0 Å². The average Bonchev–Trinajstić information content (AvgIpc) is 2.53. The fraction of sp³-hybridized carbons (Fsp3) is 0.176. The smallest absolute Gasteiger partial charge is 0.252 e. The van der Waals surface area contributed by atoms with E-state index in [1.54, 1.807) is 6.07 Å². The lowest BCUT2D eigenvalue weighted by Gasteiger charge is -2.10. The highest BCUT2D eigenvalue weighted by atomic mass is 32.2. The lowest BCUT2D eigenvalue weighted by Crippen LogP contribution is -2.24. The Balaban J connectivity index is 2.29. The summed E-state index contributed by atoms with van der Waals surface area (Å²) in [5.41, 5.74) is 1.26. The van der Waals surface area contributed by atoms with E-state index in [9.17, 15) is 4.79 Å². The molecule has 2 aromatic carbocycles. The Bertz CT molecular complexity index is 676. The Labute approximate surface area is 129 Å². The van der Waals surface area contributed by atoms with Gasteiger partial charge in [-0.15, -0.1) is 0 Å². The highest BCUT2D eigenvalue weighted by Gasteiger charge is 2.12. The van der Waals surface area contributed by atoms with Crippen molar-refractivity contribution in [2.45, 2.75) is 23.1 Å². The summed E-state index contributed by atoms with van der Waals surface area (Å²) in [5, 5.41) is 12.0. The number of amides is 1. The zero-order valence-corrected chi connectivity index (χ0v) is 12.6. The summed E-state index contributed by atoms with van der Waals surface area (Å²) in [6, 6.07) is 17.0. The van der Waals surface area contributed by atoms with Gasteiger partial charge in [0.1, 0.15) is 6.07 Å². The van der Waals surface area contributed by atoms with Crippen LogP contribution in [0.5, 0.6) is 0 Å². The lowest BCUT2D eigenvalue weighted by atomic mass is 10.2. The highest BCUT2D eigenvalue weighted by molar-refractivity contribution is 7.99. The van der Waals surface area contributed by atoms with Crippen molar-refractivity contribution in [2.24, 2.45) is 0 Å². The van der Waals surface area contributed by atoms with Crippen molar-refractivity contribution in [3.8, 4) is 6.07 Å². The molecule has 0 heterocycles. The minimum absolute atomic E-state index is 0.0746. The summed E-state index contributed by atoms with van der Waals surface area (Å²) in [5.74, 6) is -0.0746. The predicted molar refractivity (Wildman–Crippen MR) is 84.3 cm³/mol. The Hall–Kier alpha value is -2.25. The normalized spacial score (nSPS) is 9.90. The van der Waals surface area contributed by atoms with Crippen LogP contribution in [-0.2, 0) is 0 Å². The second kappa shape index (κ2) is 7.51. The monoisotopic (exact) mass is 296 g/mol. The molecule has 4 heteroatoms. The fourth-order valence-electron chi connectivity index (χ4n) is 1.84. The van der Waals surface area contributed by atoms with Crippen LogP contribution in [0.2, 0.25) is 0 Å². The number of carbonyl (C=O) groups excluding carboxylic acids is 1. The number of nitrogens with zero attached hydrogens (tertiary/aromatic N) is 1. The third-order valence-electron chi connectivity index (χ3n) is 2.89. The first-order chi connectivity index (χ1) is 10.3. The molecule has 21 heavy (non-hydrogen) atoms. The summed E-state index contributed by atoms with van der Waals surface area (Å²) in [4.78, 5) is 13.9. The van der Waals surface area contributed by atoms with Crippen LogP contribution in [0.1, 0.15) is 29.3 Å². The van der Waals surface area contributed by atoms with Crippen LogP contribution in [0.25, 0.3) is 0 Å². The summed E-state index contributed by atoms with van der Waals surface area (Å²) in [7, 11) is 0. The number of hydrogen-bond acceptors (Lipinski definition) is 3. The Morgan fingerprint density at radius 1 is 1.14 bits per heavy atom. The van der Waals surface area contributed by atoms with Crippen molar-refractivity contribution in [2.75, 3.05) is 6.54 Å². The van der Waals surface area contributed by atoms with E-state index in [-0.39, 0.29) is 5.91 Å². The van der Waals surface area contributed by atoms with E-state index in [1.165, 1.54) is 11.8 Å². The molecule has 3 nitrogen and oxygen atoms in total. The van der Waals surface area contributed by atoms with Crippen molar-refractivity contribution in [1.82, 2.24) is 5.32 Å². The van der Waals surface area contributed by atoms with Crippen LogP contribution in [0.3, 0.4) is 0 Å². The maximum Gasteiger partial charge on any atom is 0.252 e. The topological polar surface area (TPSA) is 52.9 Å². The van der Waals surface area contributed by atoms with Crippen LogP contribution < -0.4 is 5.32 Å². The van der Waals surface area contributed by atoms with Gasteiger partial charge < -0.3 is 5.32 Å². The molecule has 0 bridgehead atoms. The number of nitriles is 1. The number of hydrogen-bond donors (Lipinski definition) is 1. The van der Waals surface area contributed by atoms with E-state index >= 15 is 0 Å². The largest absolute Gasteiger partial charge is 0.352 e. The molecule has 0 aliphatic heterocycles. The highest BCUT2D eigenvalue weighted by Crippen LogP contribution is 2.32. The van der Waals surface area contributed by atoms with Crippen molar-refractivity contribution in [3.05, 3.63) is 59.7 Å². The molecular weight excluding hydrogens is 280 g/mol. The minimum Gasteiger partial charge on any atom is -0.352 e. The second-order valence-corrected chi connectivity index (χ2v) is 5.55. The summed E-state index contributed by atoms with van der Waals surface area (Å²) in [6.45, 7) is 2.68. The molecule has 0 saturated carbocycles. The van der Waals surface area contributed by atoms with Gasteiger partial charge in [0.25, 0.3) is 5.91 Å². The standard InChI is InChI=1S/C17H16N2OS/c1-2-11-19-17(20)14-8-4-6-10-16(14)21-15-9-5-3-7-13(15)12-18/h3-10H,2,11H2,1H3,(H,19,20). The van der Waals surface area contributed by atoms with Crippen LogP contribution in [-0.4, -0.2) is 12.5 Å². The third kappa shape index (κ3) is 3.87. The van der Waals surface area contributed by atoms with Gasteiger partial charge in [0.05, 0.1) is 11.1 Å². The Kier molecular flexibility index (Phi) is 5.42. The first-order valence-corrected chi connectivity index (χ1v) is 7.62. The van der Waals surface area contributed by atoms with E-state index < -0.39 is 0 Å². The molecule has 0 atom stereocenters. The Morgan fingerprint density at radius 2 is 1.81 bits per heavy atom. The number of benzene rings is 2. The van der Waals surface area contributed by atoms with E-state index in [0.717, 1.165) is 16.2 Å². The van der Waals surface area contributed by atoms with Gasteiger partial charge in [-0.1, -0.05) is 43.0 Å². The molecule has 0 aromatic heterocycles. The van der Waals surface area contributed by atoms with Crippen LogP contribution >= 0.6 is 11.8 Å². The van der Waals surface area contributed by atoms with Gasteiger partial charge in [-0.3, -0.25) is 4.79 Å². The molecule has 0 saturated heterocycles. The zero-order valence-electron chi connectivity index (χ0n) is 11.8. The second-order valence-electron chi connectivity index (χ2n) is 4.46. The summed E-state index contributed by atoms with van der Waals surface area (Å²) >= 11 is 1.44. The van der Waals surface area contributed by atoms with Crippen LogP contribution in [0, 0.1) is 11.3 Å². The molecular formula is C17H16N2OS. The van der Waals surface area contributed by atoms with E-state index in [4.69, 9.17) is 5.26 Å². The SMILES string of the molecule is CCCNC(=O)c1ccccc1Sc1ccccc1C#N. The molecule has 0 radical (unpaired) electrons. The maximum absolute atomic E-state index is 12.2. The molecule has 0 aliphatic rings. The van der Waals surface area contributed by atoms with Gasteiger partial charge in [-0.25, -0.2) is 0 Å². The molecule has 0 aliphatic carbocycles. The van der Waals surface area contributed by atoms with Gasteiger partial charge in [-0.2, -0.15) is 5.26 Å². The average molecular weight is 296 g/mol. The third-order valence-corrected chi connectivity index (χ3v) is 4.05. The molecule has 1 amide bonds. The molecule has 2 aromatic rings. The van der Waals surface area contributed by atoms with Crippen molar-refractivity contribution >= 4 is 17.7 Å². The lowest BCUT2D eigenvalue weighted by molar-refractivity contribution is 0.0951. The molecule has 0 spiro atoms. The first-order valence-electron chi connectivity index (χ1n) is 6.80. The van der Waals surface area contributed by atoms with E-state index in [1.807, 2.05) is 49.4 Å². The van der Waals surface area contributed by atoms with E-state index in [0.29, 0.717) is 17.7 Å². The Morgan fingerprint density at radius 3 is 2.52 bits per heavy atom. The van der Waals surface area contributed by atoms with Gasteiger partial charge in [-0.05, 0) is 30.7 Å². The molecule has 0 fully saturated rings. The van der Waals surface area contributed by atoms with Crippen LogP contribution in [0.4, 0.5) is 0 Å². The van der Waals surface area contributed by atoms with Crippen molar-refractivity contribution < 1.29 is 4.79 Å². The zero-order chi connectivity index (χ0) is 15.1. The fourth-order valence-corrected chi connectivity index (χ4v) is 2.87. The molecule has 1 N–H and O–H groups in total. The predicted octanol–water partition coefficient (Wildman–Crippen LogP) is 3.85. The van der Waals surface area contributed by atoms with Crippen molar-refractivity contribution in [3.63, 3.8) is 0 Å². The minimum atomic E-state index is -0.0746. The first kappa shape index (κ1) is 15.1. The maximum atomic E-state index is 12.2. The van der Waals surface area contributed by atoms with E-state index in [2.05, 4.69) is 11.4 Å². The number of nitrogens with one attached hydrogen (secondary N) is 1. The number of carbonyl (C=O) groups is 1. The molecule has 106 valence electrons. The van der Waals surface area contributed by atoms with Gasteiger partial charge in [0, 0.05) is 16.3 Å². The van der Waals surface area contributed by atoms with Gasteiger partial charge >= 0.3 is 0 Å². The summed E-state index contributed by atoms with van der Waals surface area (Å²) < 4.78 is 0. The summed E-state index contributed by atoms with van der Waals surface area (Å²) in [6.07, 6.45) is 0.901. The molecule has 0 unspecified atom stereocenters. The van der Waals surface area contributed by atoms with Gasteiger partial charge in [0.2, 0.25) is 0 Å². The van der Waals surface area contributed by atoms with Crippen molar-refractivity contribution in [1.29, 1.82) is 5.26 Å². The molecule has 2 rings (SSSR count). The number of rotatable bonds is 5. The quantitative estimate of drug-likeness (QED) is 0.911.